The van der Waals surface area contributed by atoms with E-state index in [2.05, 4.69) is 39.9 Å². The van der Waals surface area contributed by atoms with Crippen molar-refractivity contribution in [3.63, 3.8) is 0 Å². The second-order valence-corrected chi connectivity index (χ2v) is 6.60. The van der Waals surface area contributed by atoms with Gasteiger partial charge in [-0.2, -0.15) is 0 Å². The largest absolute Gasteiger partial charge is 0.486 e. The number of halogens is 1. The summed E-state index contributed by atoms with van der Waals surface area (Å²) in [4.78, 5) is 2.55. The van der Waals surface area contributed by atoms with E-state index in [4.69, 9.17) is 15.2 Å². The predicted octanol–water partition coefficient (Wildman–Crippen LogP) is 3.09. The molecule has 2 N–H and O–H groups in total. The fraction of sp³-hybridized carbons (Fsp3) is 0.625. The average Bonchev–Trinajstić information content (AvgIpc) is 3.32. The maximum Gasteiger partial charge on any atom is 0.175 e. The molecule has 1 unspecified atom stereocenters. The van der Waals surface area contributed by atoms with E-state index in [9.17, 15) is 0 Å². The molecule has 0 spiro atoms. The van der Waals surface area contributed by atoms with Crippen molar-refractivity contribution in [2.75, 3.05) is 26.3 Å². The first kappa shape index (κ1) is 15.1. The van der Waals surface area contributed by atoms with Gasteiger partial charge in [0.05, 0.1) is 4.47 Å². The van der Waals surface area contributed by atoms with Crippen LogP contribution in [-0.2, 0) is 0 Å². The molecule has 4 nitrogen and oxygen atoms in total. The van der Waals surface area contributed by atoms with Crippen LogP contribution in [0.15, 0.2) is 16.6 Å². The van der Waals surface area contributed by atoms with Gasteiger partial charge in [0.25, 0.3) is 0 Å². The predicted molar refractivity (Wildman–Crippen MR) is 86.9 cm³/mol. The van der Waals surface area contributed by atoms with Gasteiger partial charge in [0.1, 0.15) is 13.2 Å². The maximum absolute atomic E-state index is 6.10. The van der Waals surface area contributed by atoms with Crippen LogP contribution in [0.3, 0.4) is 0 Å². The zero-order valence-electron chi connectivity index (χ0n) is 12.5. The molecule has 1 fully saturated rings. The smallest absolute Gasteiger partial charge is 0.175 e. The standard InChI is InChI=1S/C16H23BrN2O2/c1-2-5-19(12-3-4-12)14(10-18)11-8-13(17)16-15(9-11)20-6-7-21-16/h8-9,12,14H,2-7,10,18H2,1H3. The Hall–Kier alpha value is -0.780. The lowest BCUT2D eigenvalue weighted by atomic mass is 10.0. The molecule has 0 radical (unpaired) electrons. The first-order valence-electron chi connectivity index (χ1n) is 7.79. The van der Waals surface area contributed by atoms with Gasteiger partial charge in [-0.1, -0.05) is 6.92 Å². The van der Waals surface area contributed by atoms with E-state index in [1.165, 1.54) is 18.4 Å². The van der Waals surface area contributed by atoms with Crippen LogP contribution in [0.2, 0.25) is 0 Å². The zero-order chi connectivity index (χ0) is 14.8. The molecule has 0 amide bonds. The molecule has 1 heterocycles. The number of rotatable bonds is 6. The second-order valence-electron chi connectivity index (χ2n) is 5.75. The molecular formula is C16H23BrN2O2. The van der Waals surface area contributed by atoms with Gasteiger partial charge in [0.2, 0.25) is 0 Å². The number of benzene rings is 1. The Labute approximate surface area is 134 Å². The Morgan fingerprint density at radius 3 is 2.76 bits per heavy atom. The summed E-state index contributed by atoms with van der Waals surface area (Å²) in [6, 6.07) is 5.19. The van der Waals surface area contributed by atoms with Crippen LogP contribution in [0.25, 0.3) is 0 Å². The summed E-state index contributed by atoms with van der Waals surface area (Å²) in [6.07, 6.45) is 3.74. The van der Waals surface area contributed by atoms with Gasteiger partial charge in [-0.05, 0) is 59.4 Å². The van der Waals surface area contributed by atoms with Crippen LogP contribution in [0.5, 0.6) is 11.5 Å². The van der Waals surface area contributed by atoms with Gasteiger partial charge in [-0.25, -0.2) is 0 Å². The van der Waals surface area contributed by atoms with Crippen molar-refractivity contribution in [1.29, 1.82) is 0 Å². The molecule has 21 heavy (non-hydrogen) atoms. The van der Waals surface area contributed by atoms with Gasteiger partial charge in [-0.3, -0.25) is 4.90 Å². The quantitative estimate of drug-likeness (QED) is 0.852. The molecule has 0 saturated heterocycles. The van der Waals surface area contributed by atoms with Gasteiger partial charge in [0, 0.05) is 18.6 Å². The summed E-state index contributed by atoms with van der Waals surface area (Å²) >= 11 is 3.61. The molecular weight excluding hydrogens is 332 g/mol. The first-order chi connectivity index (χ1) is 10.2. The number of nitrogens with two attached hydrogens (primary N) is 1. The van der Waals surface area contributed by atoms with E-state index in [-0.39, 0.29) is 6.04 Å². The minimum atomic E-state index is 0.254. The first-order valence-corrected chi connectivity index (χ1v) is 8.58. The van der Waals surface area contributed by atoms with Gasteiger partial charge in [0.15, 0.2) is 11.5 Å². The molecule has 0 bridgehead atoms. The molecule has 0 aromatic heterocycles. The third kappa shape index (κ3) is 3.20. The highest BCUT2D eigenvalue weighted by molar-refractivity contribution is 9.10. The van der Waals surface area contributed by atoms with Crippen molar-refractivity contribution in [2.24, 2.45) is 5.73 Å². The highest BCUT2D eigenvalue weighted by Gasteiger charge is 2.34. The van der Waals surface area contributed by atoms with E-state index < -0.39 is 0 Å². The molecule has 1 aromatic carbocycles. The van der Waals surface area contributed by atoms with Crippen molar-refractivity contribution in [3.05, 3.63) is 22.2 Å². The lowest BCUT2D eigenvalue weighted by Gasteiger charge is -2.32. The minimum absolute atomic E-state index is 0.254. The third-order valence-corrected chi connectivity index (χ3v) is 4.71. The van der Waals surface area contributed by atoms with Crippen LogP contribution in [0.1, 0.15) is 37.8 Å². The normalized spacial score (nSPS) is 18.9. The molecule has 5 heteroatoms. The lowest BCUT2D eigenvalue weighted by molar-refractivity contribution is 0.167. The van der Waals surface area contributed by atoms with E-state index in [1.54, 1.807) is 0 Å². The van der Waals surface area contributed by atoms with E-state index >= 15 is 0 Å². The zero-order valence-corrected chi connectivity index (χ0v) is 14.1. The third-order valence-electron chi connectivity index (χ3n) is 4.13. The fourth-order valence-corrected chi connectivity index (χ4v) is 3.62. The van der Waals surface area contributed by atoms with Crippen molar-refractivity contribution in [2.45, 2.75) is 38.3 Å². The number of hydrogen-bond acceptors (Lipinski definition) is 4. The molecule has 1 atom stereocenters. The molecule has 1 aliphatic heterocycles. The van der Waals surface area contributed by atoms with Crippen molar-refractivity contribution < 1.29 is 9.47 Å². The summed E-state index contributed by atoms with van der Waals surface area (Å²) in [6.45, 7) is 5.16. The molecule has 2 aliphatic rings. The maximum atomic E-state index is 6.10. The monoisotopic (exact) mass is 354 g/mol. The van der Waals surface area contributed by atoms with Crippen molar-refractivity contribution in [1.82, 2.24) is 4.90 Å². The SMILES string of the molecule is CCCN(C1CC1)C(CN)c1cc(Br)c2c(c1)OCCO2. The Balaban J connectivity index is 1.90. The number of hydrogen-bond donors (Lipinski definition) is 1. The number of fused-ring (bicyclic) bond motifs is 1. The van der Waals surface area contributed by atoms with Crippen LogP contribution in [0.4, 0.5) is 0 Å². The van der Waals surface area contributed by atoms with Crippen molar-refractivity contribution in [3.8, 4) is 11.5 Å². The molecule has 116 valence electrons. The number of ether oxygens (including phenoxy) is 2. The van der Waals surface area contributed by atoms with Crippen LogP contribution in [-0.4, -0.2) is 37.2 Å². The van der Waals surface area contributed by atoms with Gasteiger partial charge in [-0.15, -0.1) is 0 Å². The minimum Gasteiger partial charge on any atom is -0.486 e. The van der Waals surface area contributed by atoms with Gasteiger partial charge >= 0.3 is 0 Å². The average molecular weight is 355 g/mol. The topological polar surface area (TPSA) is 47.7 Å². The molecule has 1 aliphatic carbocycles. The Morgan fingerprint density at radius 1 is 1.33 bits per heavy atom. The van der Waals surface area contributed by atoms with E-state index in [0.29, 0.717) is 25.8 Å². The van der Waals surface area contributed by atoms with Gasteiger partial charge < -0.3 is 15.2 Å². The Morgan fingerprint density at radius 2 is 2.10 bits per heavy atom. The Bertz CT molecular complexity index is 505. The summed E-state index contributed by atoms with van der Waals surface area (Å²) < 4.78 is 12.4. The molecule has 1 saturated carbocycles. The fourth-order valence-electron chi connectivity index (χ4n) is 3.04. The number of nitrogens with zero attached hydrogens (tertiary/aromatic N) is 1. The highest BCUT2D eigenvalue weighted by atomic mass is 79.9. The molecule has 1 aromatic rings. The summed E-state index contributed by atoms with van der Waals surface area (Å²) in [7, 11) is 0. The second kappa shape index (κ2) is 6.55. The van der Waals surface area contributed by atoms with Crippen molar-refractivity contribution >= 4 is 15.9 Å². The highest BCUT2D eigenvalue weighted by Crippen LogP contribution is 2.42. The van der Waals surface area contributed by atoms with E-state index in [0.717, 1.165) is 28.9 Å². The summed E-state index contributed by atoms with van der Waals surface area (Å²) in [5, 5.41) is 0. The van der Waals surface area contributed by atoms with E-state index in [1.807, 2.05) is 0 Å². The lowest BCUT2D eigenvalue weighted by Crippen LogP contribution is -2.36. The van der Waals surface area contributed by atoms with Crippen LogP contribution >= 0.6 is 15.9 Å². The Kier molecular flexibility index (Phi) is 4.72. The molecule has 3 rings (SSSR count). The van der Waals surface area contributed by atoms with Crippen LogP contribution in [0, 0.1) is 0 Å². The van der Waals surface area contributed by atoms with Crippen LogP contribution < -0.4 is 15.2 Å². The summed E-state index contributed by atoms with van der Waals surface area (Å²) in [5.41, 5.74) is 7.32. The summed E-state index contributed by atoms with van der Waals surface area (Å²) in [5.74, 6) is 1.64.